The smallest absolute Gasteiger partial charge is 0.337 e. The third kappa shape index (κ3) is 2.25. The first-order chi connectivity index (χ1) is 12.1. The summed E-state index contributed by atoms with van der Waals surface area (Å²) < 4.78 is 1.81. The molecule has 4 aromatic rings. The van der Waals surface area contributed by atoms with Crippen LogP contribution in [-0.2, 0) is 0 Å². The molecule has 3 aromatic carbocycles. The van der Waals surface area contributed by atoms with Gasteiger partial charge in [-0.15, -0.1) is 0 Å². The minimum absolute atomic E-state index is 0.0434. The van der Waals surface area contributed by atoms with Gasteiger partial charge in [0.2, 0.25) is 0 Å². The summed E-state index contributed by atoms with van der Waals surface area (Å²) in [7, 11) is 0. The monoisotopic (exact) mass is 331 g/mol. The van der Waals surface area contributed by atoms with E-state index in [9.17, 15) is 19.8 Å². The van der Waals surface area contributed by atoms with Crippen molar-refractivity contribution in [1.82, 2.24) is 4.57 Å². The zero-order chi connectivity index (χ0) is 17.6. The number of rotatable bonds is 3. The van der Waals surface area contributed by atoms with Gasteiger partial charge in [0.05, 0.1) is 27.8 Å². The van der Waals surface area contributed by atoms with Crippen molar-refractivity contribution >= 4 is 33.7 Å². The molecule has 0 aliphatic rings. The van der Waals surface area contributed by atoms with Gasteiger partial charge >= 0.3 is 11.9 Å². The van der Waals surface area contributed by atoms with E-state index >= 15 is 0 Å². The molecule has 25 heavy (non-hydrogen) atoms. The summed E-state index contributed by atoms with van der Waals surface area (Å²) in [5.41, 5.74) is 2.09. The van der Waals surface area contributed by atoms with E-state index < -0.39 is 11.9 Å². The summed E-state index contributed by atoms with van der Waals surface area (Å²) in [6, 6.07) is 19.4. The van der Waals surface area contributed by atoms with Gasteiger partial charge in [-0.2, -0.15) is 0 Å². The Morgan fingerprint density at radius 3 is 1.80 bits per heavy atom. The molecule has 0 aliphatic heterocycles. The predicted molar refractivity (Wildman–Crippen MR) is 94.7 cm³/mol. The second kappa shape index (κ2) is 5.49. The van der Waals surface area contributed by atoms with E-state index in [1.807, 2.05) is 48.5 Å². The fourth-order valence-corrected chi connectivity index (χ4v) is 3.21. The Balaban J connectivity index is 2.19. The van der Waals surface area contributed by atoms with E-state index in [1.54, 1.807) is 4.57 Å². The number of fused-ring (bicyclic) bond motifs is 3. The maximum Gasteiger partial charge on any atom is 0.337 e. The van der Waals surface area contributed by atoms with Crippen molar-refractivity contribution in [2.24, 2.45) is 0 Å². The van der Waals surface area contributed by atoms with Crippen molar-refractivity contribution in [1.29, 1.82) is 0 Å². The molecule has 0 aliphatic carbocycles. The van der Waals surface area contributed by atoms with Crippen molar-refractivity contribution in [3.05, 3.63) is 77.9 Å². The summed E-state index contributed by atoms with van der Waals surface area (Å²) in [4.78, 5) is 23.1. The molecule has 2 N–H and O–H groups in total. The Morgan fingerprint density at radius 2 is 1.28 bits per heavy atom. The standard InChI is InChI=1S/C20H13NO4/c22-19(23)12-9-10-15(20(24)25)18(11-12)21-16-7-3-1-5-13(16)14-6-2-4-8-17(14)21/h1-11H,(H,22,23)(H,24,25). The number of benzene rings is 3. The van der Waals surface area contributed by atoms with Crippen LogP contribution in [0.1, 0.15) is 20.7 Å². The van der Waals surface area contributed by atoms with Gasteiger partial charge in [-0.25, -0.2) is 9.59 Å². The Morgan fingerprint density at radius 1 is 0.720 bits per heavy atom. The molecule has 4 rings (SSSR count). The Bertz CT molecular complexity index is 1100. The Kier molecular flexibility index (Phi) is 3.28. The first kappa shape index (κ1) is 15.0. The first-order valence-electron chi connectivity index (χ1n) is 7.67. The Labute approximate surface area is 142 Å². The first-order valence-corrected chi connectivity index (χ1v) is 7.67. The molecule has 0 amide bonds. The lowest BCUT2D eigenvalue weighted by molar-refractivity contribution is 0.0681. The lowest BCUT2D eigenvalue weighted by atomic mass is 10.1. The molecule has 0 bridgehead atoms. The van der Waals surface area contributed by atoms with Gasteiger partial charge in [0.15, 0.2) is 0 Å². The fraction of sp³-hybridized carbons (Fsp3) is 0. The van der Waals surface area contributed by atoms with Crippen LogP contribution in [0.5, 0.6) is 0 Å². The number of nitrogens with zero attached hydrogens (tertiary/aromatic N) is 1. The van der Waals surface area contributed by atoms with Crippen LogP contribution in [0, 0.1) is 0 Å². The van der Waals surface area contributed by atoms with E-state index in [4.69, 9.17) is 0 Å². The van der Waals surface area contributed by atoms with Crippen LogP contribution in [0.2, 0.25) is 0 Å². The van der Waals surface area contributed by atoms with Gasteiger partial charge in [-0.1, -0.05) is 36.4 Å². The fourth-order valence-electron chi connectivity index (χ4n) is 3.21. The highest BCUT2D eigenvalue weighted by Gasteiger charge is 2.19. The zero-order valence-electron chi connectivity index (χ0n) is 13.0. The van der Waals surface area contributed by atoms with Crippen molar-refractivity contribution in [2.75, 3.05) is 0 Å². The van der Waals surface area contributed by atoms with Crippen molar-refractivity contribution in [3.8, 4) is 5.69 Å². The number of aromatic nitrogens is 1. The number of carboxylic acids is 2. The van der Waals surface area contributed by atoms with Gasteiger partial charge in [-0.3, -0.25) is 0 Å². The van der Waals surface area contributed by atoms with Crippen LogP contribution in [0.15, 0.2) is 66.7 Å². The number of para-hydroxylation sites is 2. The molecule has 122 valence electrons. The number of hydrogen-bond donors (Lipinski definition) is 2. The molecule has 0 fully saturated rings. The molecule has 5 nitrogen and oxygen atoms in total. The molecular formula is C20H13NO4. The van der Waals surface area contributed by atoms with Crippen LogP contribution < -0.4 is 0 Å². The van der Waals surface area contributed by atoms with Gasteiger partial charge in [-0.05, 0) is 30.3 Å². The maximum atomic E-state index is 11.7. The van der Waals surface area contributed by atoms with Gasteiger partial charge < -0.3 is 14.8 Å². The molecule has 0 spiro atoms. The van der Waals surface area contributed by atoms with Crippen LogP contribution >= 0.6 is 0 Å². The summed E-state index contributed by atoms with van der Waals surface area (Å²) in [6.45, 7) is 0. The van der Waals surface area contributed by atoms with E-state index in [0.29, 0.717) is 5.69 Å². The molecule has 1 aromatic heterocycles. The summed E-state index contributed by atoms with van der Waals surface area (Å²) in [6.07, 6.45) is 0. The van der Waals surface area contributed by atoms with Crippen LogP contribution in [0.3, 0.4) is 0 Å². The average molecular weight is 331 g/mol. The highest BCUT2D eigenvalue weighted by atomic mass is 16.4. The van der Waals surface area contributed by atoms with Gasteiger partial charge in [0.1, 0.15) is 0 Å². The summed E-state index contributed by atoms with van der Waals surface area (Å²) in [5, 5.41) is 20.8. The molecular weight excluding hydrogens is 318 g/mol. The molecule has 0 saturated carbocycles. The number of hydrogen-bond acceptors (Lipinski definition) is 2. The zero-order valence-corrected chi connectivity index (χ0v) is 13.0. The average Bonchev–Trinajstić information content (AvgIpc) is 2.95. The molecule has 0 unspecified atom stereocenters. The molecule has 1 heterocycles. The van der Waals surface area contributed by atoms with Gasteiger partial charge in [0, 0.05) is 10.8 Å². The van der Waals surface area contributed by atoms with E-state index in [1.165, 1.54) is 18.2 Å². The molecule has 5 heteroatoms. The molecule has 0 radical (unpaired) electrons. The minimum Gasteiger partial charge on any atom is -0.478 e. The van der Waals surface area contributed by atoms with Crippen molar-refractivity contribution < 1.29 is 19.8 Å². The normalized spacial score (nSPS) is 11.0. The van der Waals surface area contributed by atoms with Crippen LogP contribution in [-0.4, -0.2) is 26.7 Å². The van der Waals surface area contributed by atoms with E-state index in [0.717, 1.165) is 21.8 Å². The third-order valence-electron chi connectivity index (χ3n) is 4.30. The molecule has 0 atom stereocenters. The lowest BCUT2D eigenvalue weighted by Gasteiger charge is -2.12. The topological polar surface area (TPSA) is 79.5 Å². The van der Waals surface area contributed by atoms with Crippen molar-refractivity contribution in [2.45, 2.75) is 0 Å². The van der Waals surface area contributed by atoms with Gasteiger partial charge in [0.25, 0.3) is 0 Å². The molecule has 0 saturated heterocycles. The minimum atomic E-state index is -1.10. The van der Waals surface area contributed by atoms with Crippen LogP contribution in [0.4, 0.5) is 0 Å². The van der Waals surface area contributed by atoms with E-state index in [2.05, 4.69) is 0 Å². The second-order valence-electron chi connectivity index (χ2n) is 5.71. The second-order valence-corrected chi connectivity index (χ2v) is 5.71. The number of carbonyl (C=O) groups is 2. The maximum absolute atomic E-state index is 11.7. The van der Waals surface area contributed by atoms with Crippen molar-refractivity contribution in [3.63, 3.8) is 0 Å². The van der Waals surface area contributed by atoms with Crippen LogP contribution in [0.25, 0.3) is 27.5 Å². The SMILES string of the molecule is O=C(O)c1ccc(C(=O)O)c(-n2c3ccccc3c3ccccc32)c1. The van der Waals surface area contributed by atoms with E-state index in [-0.39, 0.29) is 11.1 Å². The largest absolute Gasteiger partial charge is 0.478 e. The Hall–Kier alpha value is -3.60. The highest BCUT2D eigenvalue weighted by Crippen LogP contribution is 2.33. The lowest BCUT2D eigenvalue weighted by Crippen LogP contribution is -2.08. The summed E-state index contributed by atoms with van der Waals surface area (Å²) in [5.74, 6) is -2.20. The number of carboxylic acid groups (broad SMARTS) is 2. The predicted octanol–water partition coefficient (Wildman–Crippen LogP) is 4.18. The summed E-state index contributed by atoms with van der Waals surface area (Å²) >= 11 is 0. The highest BCUT2D eigenvalue weighted by molar-refractivity contribution is 6.10. The number of aromatic carboxylic acids is 2. The quantitative estimate of drug-likeness (QED) is 0.590. The third-order valence-corrected chi connectivity index (χ3v) is 4.30.